The van der Waals surface area contributed by atoms with Crippen molar-refractivity contribution in [3.8, 4) is 6.07 Å². The molecule has 0 atom stereocenters. The van der Waals surface area contributed by atoms with E-state index in [1.54, 1.807) is 4.68 Å². The Morgan fingerprint density at radius 1 is 1.73 bits per heavy atom. The maximum absolute atomic E-state index is 8.68. The fraction of sp³-hybridized carbons (Fsp3) is 0.500. The second-order valence-corrected chi connectivity index (χ2v) is 2.99. The zero-order chi connectivity index (χ0) is 7.84. The minimum Gasteiger partial charge on any atom is -0.274 e. The van der Waals surface area contributed by atoms with Gasteiger partial charge in [0.1, 0.15) is 6.07 Å². The molecule has 0 aromatic carbocycles. The molecule has 0 saturated heterocycles. The summed E-state index contributed by atoms with van der Waals surface area (Å²) in [7, 11) is 1.85. The summed E-state index contributed by atoms with van der Waals surface area (Å²) in [6, 6.07) is 2.11. The molecule has 1 fully saturated rings. The summed E-state index contributed by atoms with van der Waals surface area (Å²) in [5.41, 5.74) is 1.74. The first-order chi connectivity index (χ1) is 5.31. The highest BCUT2D eigenvalue weighted by Crippen LogP contribution is 2.41. The molecule has 0 amide bonds. The fourth-order valence-corrected chi connectivity index (χ4v) is 1.29. The average molecular weight is 147 g/mol. The van der Waals surface area contributed by atoms with Gasteiger partial charge in [0.25, 0.3) is 0 Å². The third-order valence-electron chi connectivity index (χ3n) is 1.98. The Labute approximate surface area is 65.3 Å². The van der Waals surface area contributed by atoms with Crippen molar-refractivity contribution in [3.05, 3.63) is 17.5 Å². The van der Waals surface area contributed by atoms with Gasteiger partial charge < -0.3 is 0 Å². The molecule has 3 heteroatoms. The molecule has 0 N–H and O–H groups in total. The number of aromatic nitrogens is 2. The Morgan fingerprint density at radius 3 is 3.00 bits per heavy atom. The number of nitriles is 1. The summed E-state index contributed by atoms with van der Waals surface area (Å²) in [6.45, 7) is 0. The van der Waals surface area contributed by atoms with Crippen molar-refractivity contribution in [2.45, 2.75) is 18.8 Å². The molecule has 0 spiro atoms. The highest BCUT2D eigenvalue weighted by atomic mass is 15.2. The topological polar surface area (TPSA) is 41.6 Å². The van der Waals surface area contributed by atoms with E-state index in [9.17, 15) is 0 Å². The van der Waals surface area contributed by atoms with Crippen LogP contribution in [-0.4, -0.2) is 9.78 Å². The molecule has 3 nitrogen and oxygen atoms in total. The Balaban J connectivity index is 2.44. The molecule has 56 valence electrons. The van der Waals surface area contributed by atoms with Gasteiger partial charge in [-0.1, -0.05) is 0 Å². The van der Waals surface area contributed by atoms with Crippen LogP contribution in [0.2, 0.25) is 0 Å². The van der Waals surface area contributed by atoms with Gasteiger partial charge in [0.15, 0.2) is 5.69 Å². The molecule has 0 unspecified atom stereocenters. The number of hydrogen-bond acceptors (Lipinski definition) is 2. The first-order valence-electron chi connectivity index (χ1n) is 3.75. The Hall–Kier alpha value is -1.30. The van der Waals surface area contributed by atoms with Crippen LogP contribution in [0.15, 0.2) is 6.20 Å². The molecule has 1 saturated carbocycles. The zero-order valence-electron chi connectivity index (χ0n) is 6.41. The average Bonchev–Trinajstić information content (AvgIpc) is 2.75. The number of rotatable bonds is 1. The monoisotopic (exact) mass is 147 g/mol. The lowest BCUT2D eigenvalue weighted by atomic mass is 10.2. The van der Waals surface area contributed by atoms with Gasteiger partial charge in [-0.2, -0.15) is 10.4 Å². The van der Waals surface area contributed by atoms with Crippen molar-refractivity contribution >= 4 is 0 Å². The molecule has 0 bridgehead atoms. The van der Waals surface area contributed by atoms with Gasteiger partial charge in [-0.05, 0) is 18.8 Å². The van der Waals surface area contributed by atoms with Crippen LogP contribution in [0.4, 0.5) is 0 Å². The highest BCUT2D eigenvalue weighted by molar-refractivity contribution is 5.34. The van der Waals surface area contributed by atoms with Gasteiger partial charge in [-0.15, -0.1) is 0 Å². The van der Waals surface area contributed by atoms with Crippen LogP contribution in [0.1, 0.15) is 30.0 Å². The molecule has 1 aliphatic rings. The summed E-state index contributed by atoms with van der Waals surface area (Å²) in [6.07, 6.45) is 4.40. The minimum atomic E-state index is 0.606. The lowest BCUT2D eigenvalue weighted by molar-refractivity contribution is 0.762. The summed E-state index contributed by atoms with van der Waals surface area (Å²) >= 11 is 0. The predicted molar refractivity (Wildman–Crippen MR) is 39.9 cm³/mol. The van der Waals surface area contributed by atoms with Crippen molar-refractivity contribution in [2.75, 3.05) is 0 Å². The van der Waals surface area contributed by atoms with Gasteiger partial charge in [-0.25, -0.2) is 0 Å². The number of hydrogen-bond donors (Lipinski definition) is 0. The van der Waals surface area contributed by atoms with E-state index in [2.05, 4.69) is 11.2 Å². The standard InChI is InChI=1S/C8H9N3/c1-11-5-7(6-2-3-6)8(4-9)10-11/h5-6H,2-3H2,1H3. The largest absolute Gasteiger partial charge is 0.274 e. The Bertz CT molecular complexity index is 315. The Kier molecular flexibility index (Phi) is 1.22. The van der Waals surface area contributed by atoms with E-state index in [0.717, 1.165) is 5.56 Å². The summed E-state index contributed by atoms with van der Waals surface area (Å²) in [4.78, 5) is 0. The van der Waals surface area contributed by atoms with E-state index in [1.807, 2.05) is 13.2 Å². The quantitative estimate of drug-likeness (QED) is 0.598. The molecule has 2 rings (SSSR count). The van der Waals surface area contributed by atoms with Crippen LogP contribution >= 0.6 is 0 Å². The molecular formula is C8H9N3. The van der Waals surface area contributed by atoms with Crippen LogP contribution in [0.5, 0.6) is 0 Å². The lowest BCUT2D eigenvalue weighted by Crippen LogP contribution is -1.86. The van der Waals surface area contributed by atoms with Crippen molar-refractivity contribution < 1.29 is 0 Å². The van der Waals surface area contributed by atoms with Gasteiger partial charge in [0, 0.05) is 18.8 Å². The van der Waals surface area contributed by atoms with Crippen LogP contribution in [-0.2, 0) is 7.05 Å². The van der Waals surface area contributed by atoms with E-state index in [0.29, 0.717) is 11.6 Å². The second kappa shape index (κ2) is 2.09. The van der Waals surface area contributed by atoms with Gasteiger partial charge in [-0.3, -0.25) is 4.68 Å². The van der Waals surface area contributed by atoms with E-state index in [4.69, 9.17) is 5.26 Å². The highest BCUT2D eigenvalue weighted by Gasteiger charge is 2.27. The smallest absolute Gasteiger partial charge is 0.165 e. The van der Waals surface area contributed by atoms with E-state index in [-0.39, 0.29) is 0 Å². The predicted octanol–water partition coefficient (Wildman–Crippen LogP) is 1.17. The second-order valence-electron chi connectivity index (χ2n) is 2.99. The molecule has 1 aromatic heterocycles. The van der Waals surface area contributed by atoms with E-state index >= 15 is 0 Å². The van der Waals surface area contributed by atoms with E-state index in [1.165, 1.54) is 12.8 Å². The molecule has 1 aromatic rings. The van der Waals surface area contributed by atoms with Crippen molar-refractivity contribution in [1.82, 2.24) is 9.78 Å². The number of aryl methyl sites for hydroxylation is 1. The summed E-state index contributed by atoms with van der Waals surface area (Å²) in [5, 5.41) is 12.7. The van der Waals surface area contributed by atoms with Crippen LogP contribution in [0.25, 0.3) is 0 Å². The SMILES string of the molecule is Cn1cc(C2CC2)c(C#N)n1. The van der Waals surface area contributed by atoms with Gasteiger partial charge in [0.2, 0.25) is 0 Å². The van der Waals surface area contributed by atoms with Crippen molar-refractivity contribution in [2.24, 2.45) is 7.05 Å². The molecule has 0 aliphatic heterocycles. The Morgan fingerprint density at radius 2 is 2.45 bits per heavy atom. The molecule has 1 heterocycles. The fourth-order valence-electron chi connectivity index (χ4n) is 1.29. The van der Waals surface area contributed by atoms with Crippen LogP contribution in [0.3, 0.4) is 0 Å². The van der Waals surface area contributed by atoms with Crippen molar-refractivity contribution in [1.29, 1.82) is 5.26 Å². The van der Waals surface area contributed by atoms with Gasteiger partial charge >= 0.3 is 0 Å². The third kappa shape index (κ3) is 1.01. The van der Waals surface area contributed by atoms with Gasteiger partial charge in [0.05, 0.1) is 0 Å². The maximum Gasteiger partial charge on any atom is 0.165 e. The molecule has 1 aliphatic carbocycles. The summed E-state index contributed by atoms with van der Waals surface area (Å²) < 4.78 is 1.71. The normalized spacial score (nSPS) is 16.4. The maximum atomic E-state index is 8.68. The zero-order valence-corrected chi connectivity index (χ0v) is 6.41. The molecular weight excluding hydrogens is 138 g/mol. The third-order valence-corrected chi connectivity index (χ3v) is 1.98. The van der Waals surface area contributed by atoms with E-state index < -0.39 is 0 Å². The van der Waals surface area contributed by atoms with Crippen LogP contribution in [0, 0.1) is 11.3 Å². The van der Waals surface area contributed by atoms with Crippen molar-refractivity contribution in [3.63, 3.8) is 0 Å². The minimum absolute atomic E-state index is 0.606. The molecule has 11 heavy (non-hydrogen) atoms. The van der Waals surface area contributed by atoms with Crippen LogP contribution < -0.4 is 0 Å². The lowest BCUT2D eigenvalue weighted by Gasteiger charge is -1.86. The first kappa shape index (κ1) is 6.41. The molecule has 0 radical (unpaired) electrons. The summed E-state index contributed by atoms with van der Waals surface area (Å²) in [5.74, 6) is 0.623. The first-order valence-corrected chi connectivity index (χ1v) is 3.75. The number of nitrogens with zero attached hydrogens (tertiary/aromatic N) is 3.